The van der Waals surface area contributed by atoms with Crippen LogP contribution in [0.3, 0.4) is 0 Å². The van der Waals surface area contributed by atoms with Crippen LogP contribution in [0.25, 0.3) is 26.1 Å². The number of aromatic nitrogens is 3. The monoisotopic (exact) mass is 435 g/mol. The van der Waals surface area contributed by atoms with Crippen molar-refractivity contribution in [2.75, 3.05) is 31.2 Å². The van der Waals surface area contributed by atoms with Gasteiger partial charge in [-0.3, -0.25) is 14.0 Å². The average Bonchev–Trinajstić information content (AvgIpc) is 3.38. The quantitative estimate of drug-likeness (QED) is 0.519. The van der Waals surface area contributed by atoms with Gasteiger partial charge in [-0.05, 0) is 36.8 Å². The molecule has 0 atom stereocenters. The van der Waals surface area contributed by atoms with Crippen LogP contribution >= 0.6 is 11.3 Å². The predicted octanol–water partition coefficient (Wildman–Crippen LogP) is 2.56. The van der Waals surface area contributed by atoms with E-state index >= 15 is 0 Å². The number of thiazole rings is 1. The van der Waals surface area contributed by atoms with Gasteiger partial charge in [0.15, 0.2) is 5.65 Å². The van der Waals surface area contributed by atoms with E-state index in [0.717, 1.165) is 55.8 Å². The lowest BCUT2D eigenvalue weighted by Crippen LogP contribution is -2.41. The van der Waals surface area contributed by atoms with Crippen LogP contribution in [0.2, 0.25) is 0 Å². The van der Waals surface area contributed by atoms with Crippen molar-refractivity contribution in [1.29, 1.82) is 0 Å². The zero-order valence-electron chi connectivity index (χ0n) is 16.8. The third kappa shape index (κ3) is 2.76. The third-order valence-electron chi connectivity index (χ3n) is 6.71. The second-order valence-corrected chi connectivity index (χ2v) is 9.51. The van der Waals surface area contributed by atoms with Gasteiger partial charge in [0.2, 0.25) is 11.4 Å². The SMILES string of the molecule is NC(=O)c1c(=O)c2cnc(N3CCC4(CCOC4)CC3)nc2n2c1sc1ccccc12. The topological polar surface area (TPSA) is 103 Å². The number of amides is 1. The van der Waals surface area contributed by atoms with Crippen LogP contribution < -0.4 is 16.1 Å². The van der Waals surface area contributed by atoms with Crippen LogP contribution in [-0.4, -0.2) is 46.6 Å². The molecule has 158 valence electrons. The molecular weight excluding hydrogens is 414 g/mol. The van der Waals surface area contributed by atoms with Crippen LogP contribution in [-0.2, 0) is 4.74 Å². The van der Waals surface area contributed by atoms with E-state index in [-0.39, 0.29) is 11.0 Å². The third-order valence-corrected chi connectivity index (χ3v) is 7.85. The number of fused-ring (bicyclic) bond motifs is 5. The predicted molar refractivity (Wildman–Crippen MR) is 120 cm³/mol. The van der Waals surface area contributed by atoms with Crippen molar-refractivity contribution in [3.8, 4) is 0 Å². The number of hydrogen-bond donors (Lipinski definition) is 1. The summed E-state index contributed by atoms with van der Waals surface area (Å²) in [5, 5.41) is 0.302. The van der Waals surface area contributed by atoms with Crippen LogP contribution in [0.15, 0.2) is 35.3 Å². The van der Waals surface area contributed by atoms with Gasteiger partial charge < -0.3 is 15.4 Å². The summed E-state index contributed by atoms with van der Waals surface area (Å²) >= 11 is 1.37. The summed E-state index contributed by atoms with van der Waals surface area (Å²) in [5.74, 6) is -0.128. The summed E-state index contributed by atoms with van der Waals surface area (Å²) < 4.78 is 8.47. The maximum atomic E-state index is 13.1. The molecule has 31 heavy (non-hydrogen) atoms. The first-order valence-corrected chi connectivity index (χ1v) is 11.2. The molecule has 4 aromatic rings. The van der Waals surface area contributed by atoms with E-state index < -0.39 is 11.3 Å². The van der Waals surface area contributed by atoms with E-state index in [0.29, 0.717) is 21.8 Å². The number of carbonyl (C=O) groups is 1. The Bertz CT molecular complexity index is 1410. The van der Waals surface area contributed by atoms with Crippen LogP contribution in [0.4, 0.5) is 5.95 Å². The molecule has 9 heteroatoms. The molecule has 0 bridgehead atoms. The van der Waals surface area contributed by atoms with Crippen molar-refractivity contribution in [3.63, 3.8) is 0 Å². The van der Waals surface area contributed by atoms with E-state index in [1.54, 1.807) is 0 Å². The number of rotatable bonds is 2. The molecule has 2 aliphatic heterocycles. The number of ether oxygens (including phenoxy) is 1. The number of hydrogen-bond acceptors (Lipinski definition) is 7. The molecule has 5 heterocycles. The molecule has 0 aliphatic carbocycles. The minimum atomic E-state index is -0.736. The Labute approximate surface area is 181 Å². The second kappa shape index (κ2) is 6.73. The highest BCUT2D eigenvalue weighted by Crippen LogP contribution is 2.40. The lowest BCUT2D eigenvalue weighted by Gasteiger charge is -2.38. The normalized spacial score (nSPS) is 18.5. The smallest absolute Gasteiger partial charge is 0.255 e. The molecule has 2 fully saturated rings. The number of nitrogens with zero attached hydrogens (tertiary/aromatic N) is 4. The molecule has 1 spiro atoms. The molecular formula is C22H21N5O3S. The molecule has 0 radical (unpaired) electrons. The second-order valence-electron chi connectivity index (χ2n) is 8.48. The Morgan fingerprint density at radius 3 is 2.74 bits per heavy atom. The fourth-order valence-electron chi connectivity index (χ4n) is 4.88. The summed E-state index contributed by atoms with van der Waals surface area (Å²) in [6.45, 7) is 3.40. The minimum Gasteiger partial charge on any atom is -0.381 e. The molecule has 1 aromatic carbocycles. The number of pyridine rings is 1. The van der Waals surface area contributed by atoms with Gasteiger partial charge in [-0.15, -0.1) is 11.3 Å². The summed E-state index contributed by atoms with van der Waals surface area (Å²) in [6, 6.07) is 7.78. The lowest BCUT2D eigenvalue weighted by atomic mass is 9.78. The number of para-hydroxylation sites is 1. The lowest BCUT2D eigenvalue weighted by molar-refractivity contribution is 0.100. The number of nitrogens with two attached hydrogens (primary N) is 1. The van der Waals surface area contributed by atoms with Crippen LogP contribution in [0, 0.1) is 5.41 Å². The number of piperidine rings is 1. The van der Waals surface area contributed by atoms with Crippen molar-refractivity contribution < 1.29 is 9.53 Å². The number of primary amides is 1. The van der Waals surface area contributed by atoms with E-state index in [9.17, 15) is 9.59 Å². The number of benzene rings is 1. The fraction of sp³-hybridized carbons (Fsp3) is 0.364. The first-order chi connectivity index (χ1) is 15.1. The Kier molecular flexibility index (Phi) is 4.06. The molecule has 2 aliphatic rings. The molecule has 2 N–H and O–H groups in total. The highest BCUT2D eigenvalue weighted by molar-refractivity contribution is 7.24. The molecule has 1 amide bonds. The minimum absolute atomic E-state index is 0.00815. The average molecular weight is 436 g/mol. The van der Waals surface area contributed by atoms with Crippen molar-refractivity contribution in [2.45, 2.75) is 19.3 Å². The summed E-state index contributed by atoms with van der Waals surface area (Å²) in [5.41, 5.74) is 6.86. The summed E-state index contributed by atoms with van der Waals surface area (Å²) in [7, 11) is 0. The Hall–Kier alpha value is -3.04. The maximum absolute atomic E-state index is 13.1. The largest absolute Gasteiger partial charge is 0.381 e. The molecule has 6 rings (SSSR count). The zero-order valence-corrected chi connectivity index (χ0v) is 17.7. The van der Waals surface area contributed by atoms with Gasteiger partial charge in [-0.2, -0.15) is 4.98 Å². The van der Waals surface area contributed by atoms with Gasteiger partial charge in [-0.25, -0.2) is 4.98 Å². The highest BCUT2D eigenvalue weighted by Gasteiger charge is 2.38. The Morgan fingerprint density at radius 1 is 1.19 bits per heavy atom. The van der Waals surface area contributed by atoms with Crippen molar-refractivity contribution in [2.24, 2.45) is 11.1 Å². The Morgan fingerprint density at radius 2 is 2.00 bits per heavy atom. The van der Waals surface area contributed by atoms with Gasteiger partial charge in [0, 0.05) is 25.9 Å². The first kappa shape index (κ1) is 18.7. The van der Waals surface area contributed by atoms with E-state index in [2.05, 4.69) is 9.88 Å². The van der Waals surface area contributed by atoms with Gasteiger partial charge in [0.05, 0.1) is 22.2 Å². The first-order valence-electron chi connectivity index (χ1n) is 10.4. The highest BCUT2D eigenvalue weighted by atomic mass is 32.1. The molecule has 3 aromatic heterocycles. The maximum Gasteiger partial charge on any atom is 0.255 e. The summed E-state index contributed by atoms with van der Waals surface area (Å²) in [6.07, 6.45) is 4.75. The van der Waals surface area contributed by atoms with E-state index in [1.807, 2.05) is 28.7 Å². The Balaban J connectivity index is 1.54. The van der Waals surface area contributed by atoms with E-state index in [1.165, 1.54) is 17.5 Å². The summed E-state index contributed by atoms with van der Waals surface area (Å²) in [4.78, 5) is 37.3. The van der Waals surface area contributed by atoms with Gasteiger partial charge in [0.1, 0.15) is 10.4 Å². The van der Waals surface area contributed by atoms with Crippen molar-refractivity contribution >= 4 is 49.3 Å². The van der Waals surface area contributed by atoms with Crippen molar-refractivity contribution in [3.05, 3.63) is 46.2 Å². The van der Waals surface area contributed by atoms with Crippen molar-refractivity contribution in [1.82, 2.24) is 14.4 Å². The molecule has 0 saturated carbocycles. The zero-order chi connectivity index (χ0) is 21.2. The standard InChI is InChI=1S/C22H21N5O3S/c23-18(29)16-17(28)13-11-24-21(26-8-5-22(6-9-26)7-10-30-12-22)25-19(13)27-14-3-1-2-4-15(14)31-20(16)27/h1-4,11H,5-10,12H2,(H2,23,29). The van der Waals surface area contributed by atoms with Gasteiger partial charge >= 0.3 is 0 Å². The molecule has 2 saturated heterocycles. The fourth-order valence-corrected chi connectivity index (χ4v) is 6.07. The van der Waals surface area contributed by atoms with Gasteiger partial charge in [0.25, 0.3) is 5.91 Å². The molecule has 0 unspecified atom stereocenters. The van der Waals surface area contributed by atoms with Crippen LogP contribution in [0.5, 0.6) is 0 Å². The number of carbonyl (C=O) groups excluding carboxylic acids is 1. The van der Waals surface area contributed by atoms with Crippen LogP contribution in [0.1, 0.15) is 29.6 Å². The number of anilines is 1. The van der Waals surface area contributed by atoms with E-state index in [4.69, 9.17) is 15.5 Å². The molecule has 8 nitrogen and oxygen atoms in total. The van der Waals surface area contributed by atoms with Gasteiger partial charge in [-0.1, -0.05) is 12.1 Å².